The van der Waals surface area contributed by atoms with Crippen LogP contribution in [0.3, 0.4) is 0 Å². The smallest absolute Gasteiger partial charge is 0.311 e. The summed E-state index contributed by atoms with van der Waals surface area (Å²) in [5, 5.41) is 13.0. The first-order valence-corrected chi connectivity index (χ1v) is 4.30. The SMILES string of the molecule is CCOc1cc(NC=O)ccc1[N+](=O)[O-]. The van der Waals surface area contributed by atoms with Crippen molar-refractivity contribution in [1.82, 2.24) is 0 Å². The van der Waals surface area contributed by atoms with Crippen molar-refractivity contribution in [1.29, 1.82) is 0 Å². The number of nitrogens with zero attached hydrogens (tertiary/aromatic N) is 1. The standard InChI is InChI=1S/C9H10N2O4/c1-2-15-9-5-7(10-6-12)3-4-8(9)11(13)14/h3-6H,2H2,1H3,(H,10,12). The van der Waals surface area contributed by atoms with E-state index in [1.165, 1.54) is 18.2 Å². The molecule has 1 aromatic rings. The molecule has 80 valence electrons. The molecule has 0 unspecified atom stereocenters. The van der Waals surface area contributed by atoms with Gasteiger partial charge in [-0.1, -0.05) is 0 Å². The third-order valence-corrected chi connectivity index (χ3v) is 1.68. The highest BCUT2D eigenvalue weighted by atomic mass is 16.6. The van der Waals surface area contributed by atoms with E-state index in [9.17, 15) is 14.9 Å². The van der Waals surface area contributed by atoms with Crippen molar-refractivity contribution in [3.05, 3.63) is 28.3 Å². The molecule has 0 saturated heterocycles. The van der Waals surface area contributed by atoms with Gasteiger partial charge >= 0.3 is 5.69 Å². The Bertz CT molecular complexity index is 378. The number of nitro benzene ring substituents is 1. The molecule has 0 aliphatic heterocycles. The van der Waals surface area contributed by atoms with Crippen molar-refractivity contribution < 1.29 is 14.5 Å². The third kappa shape index (κ3) is 2.67. The summed E-state index contributed by atoms with van der Waals surface area (Å²) in [4.78, 5) is 20.2. The molecule has 0 heterocycles. The highest BCUT2D eigenvalue weighted by molar-refractivity contribution is 5.73. The molecular formula is C9H10N2O4. The zero-order valence-corrected chi connectivity index (χ0v) is 8.10. The Morgan fingerprint density at radius 3 is 2.87 bits per heavy atom. The minimum absolute atomic E-state index is 0.117. The molecule has 0 spiro atoms. The van der Waals surface area contributed by atoms with E-state index in [0.29, 0.717) is 18.7 Å². The van der Waals surface area contributed by atoms with Gasteiger partial charge in [0.05, 0.1) is 11.5 Å². The van der Waals surface area contributed by atoms with Crippen molar-refractivity contribution >= 4 is 17.8 Å². The molecule has 1 rings (SSSR count). The lowest BCUT2D eigenvalue weighted by Gasteiger charge is -2.05. The number of nitrogens with one attached hydrogen (secondary N) is 1. The van der Waals surface area contributed by atoms with E-state index < -0.39 is 4.92 Å². The quantitative estimate of drug-likeness (QED) is 0.454. The maximum atomic E-state index is 10.6. The zero-order chi connectivity index (χ0) is 11.3. The average molecular weight is 210 g/mol. The normalized spacial score (nSPS) is 9.40. The van der Waals surface area contributed by atoms with Crippen molar-refractivity contribution in [2.45, 2.75) is 6.92 Å². The van der Waals surface area contributed by atoms with Gasteiger partial charge in [-0.25, -0.2) is 0 Å². The van der Waals surface area contributed by atoms with Crippen LogP contribution >= 0.6 is 0 Å². The molecule has 0 atom stereocenters. The maximum Gasteiger partial charge on any atom is 0.311 e. The van der Waals surface area contributed by atoms with Gasteiger partial charge in [-0.05, 0) is 13.0 Å². The molecule has 0 radical (unpaired) electrons. The highest BCUT2D eigenvalue weighted by Crippen LogP contribution is 2.29. The summed E-state index contributed by atoms with van der Waals surface area (Å²) >= 11 is 0. The Hall–Kier alpha value is -2.11. The van der Waals surface area contributed by atoms with E-state index in [-0.39, 0.29) is 11.4 Å². The summed E-state index contributed by atoms with van der Waals surface area (Å²) in [7, 11) is 0. The van der Waals surface area contributed by atoms with E-state index >= 15 is 0 Å². The van der Waals surface area contributed by atoms with Crippen molar-refractivity contribution in [2.24, 2.45) is 0 Å². The molecule has 1 N–H and O–H groups in total. The Morgan fingerprint density at radius 2 is 2.33 bits per heavy atom. The van der Waals surface area contributed by atoms with Crippen LogP contribution in [0.2, 0.25) is 0 Å². The molecular weight excluding hydrogens is 200 g/mol. The minimum atomic E-state index is -0.532. The van der Waals surface area contributed by atoms with Crippen LogP contribution < -0.4 is 10.1 Å². The first-order chi connectivity index (χ1) is 7.19. The number of nitro groups is 1. The van der Waals surface area contributed by atoms with Gasteiger partial charge < -0.3 is 10.1 Å². The number of benzene rings is 1. The second kappa shape index (κ2) is 4.94. The molecule has 1 amide bonds. The topological polar surface area (TPSA) is 81.5 Å². The average Bonchev–Trinajstić information content (AvgIpc) is 2.18. The Labute approximate surface area is 86.0 Å². The van der Waals surface area contributed by atoms with E-state index in [4.69, 9.17) is 4.74 Å². The monoisotopic (exact) mass is 210 g/mol. The van der Waals surface area contributed by atoms with Gasteiger partial charge in [0.1, 0.15) is 0 Å². The number of amides is 1. The fraction of sp³-hybridized carbons (Fsp3) is 0.222. The largest absolute Gasteiger partial charge is 0.487 e. The number of hydrogen-bond donors (Lipinski definition) is 1. The van der Waals surface area contributed by atoms with Crippen molar-refractivity contribution in [3.63, 3.8) is 0 Å². The van der Waals surface area contributed by atoms with Gasteiger partial charge in [-0.2, -0.15) is 0 Å². The van der Waals surface area contributed by atoms with Gasteiger partial charge in [-0.3, -0.25) is 14.9 Å². The number of carbonyl (C=O) groups excluding carboxylic acids is 1. The van der Waals surface area contributed by atoms with Crippen LogP contribution in [0, 0.1) is 10.1 Å². The third-order valence-electron chi connectivity index (χ3n) is 1.68. The molecule has 0 fully saturated rings. The Morgan fingerprint density at radius 1 is 1.60 bits per heavy atom. The van der Waals surface area contributed by atoms with Gasteiger partial charge in [0.25, 0.3) is 0 Å². The second-order valence-electron chi connectivity index (χ2n) is 2.63. The van der Waals surface area contributed by atoms with Crippen LogP contribution in [0.15, 0.2) is 18.2 Å². The lowest BCUT2D eigenvalue weighted by atomic mass is 10.2. The van der Waals surface area contributed by atoms with Crippen LogP contribution in [-0.2, 0) is 4.79 Å². The number of rotatable bonds is 5. The predicted octanol–water partition coefficient (Wildman–Crippen LogP) is 1.56. The molecule has 0 aliphatic carbocycles. The fourth-order valence-electron chi connectivity index (χ4n) is 1.09. The summed E-state index contributed by atoms with van der Waals surface area (Å²) in [6.45, 7) is 2.05. The molecule has 6 nitrogen and oxygen atoms in total. The van der Waals surface area contributed by atoms with Crippen LogP contribution in [0.5, 0.6) is 5.75 Å². The molecule has 0 saturated carbocycles. The summed E-state index contributed by atoms with van der Waals surface area (Å²) in [6.07, 6.45) is 0.497. The van der Waals surface area contributed by atoms with Crippen LogP contribution in [0.4, 0.5) is 11.4 Å². The van der Waals surface area contributed by atoms with Crippen molar-refractivity contribution in [2.75, 3.05) is 11.9 Å². The van der Waals surface area contributed by atoms with Crippen molar-refractivity contribution in [3.8, 4) is 5.75 Å². The Kier molecular flexibility index (Phi) is 3.61. The summed E-state index contributed by atoms with van der Waals surface area (Å²) < 4.78 is 5.09. The lowest BCUT2D eigenvalue weighted by Crippen LogP contribution is -2.00. The highest BCUT2D eigenvalue weighted by Gasteiger charge is 2.14. The summed E-state index contributed by atoms with van der Waals surface area (Å²) in [5.41, 5.74) is 0.340. The number of hydrogen-bond acceptors (Lipinski definition) is 4. The van der Waals surface area contributed by atoms with E-state index in [1.54, 1.807) is 6.92 Å². The zero-order valence-electron chi connectivity index (χ0n) is 8.10. The summed E-state index contributed by atoms with van der Waals surface area (Å²) in [6, 6.07) is 4.14. The minimum Gasteiger partial charge on any atom is -0.487 e. The van der Waals surface area contributed by atoms with E-state index in [1.807, 2.05) is 0 Å². The van der Waals surface area contributed by atoms with Gasteiger partial charge in [0.2, 0.25) is 6.41 Å². The number of anilines is 1. The number of carbonyl (C=O) groups is 1. The first-order valence-electron chi connectivity index (χ1n) is 4.30. The number of ether oxygens (including phenoxy) is 1. The predicted molar refractivity (Wildman–Crippen MR) is 54.0 cm³/mol. The molecule has 1 aromatic carbocycles. The van der Waals surface area contributed by atoms with Crippen LogP contribution in [0.1, 0.15) is 6.92 Å². The second-order valence-corrected chi connectivity index (χ2v) is 2.63. The maximum absolute atomic E-state index is 10.6. The molecule has 6 heteroatoms. The van der Waals surface area contributed by atoms with Crippen LogP contribution in [-0.4, -0.2) is 17.9 Å². The first kappa shape index (κ1) is 11.0. The van der Waals surface area contributed by atoms with Crippen LogP contribution in [0.25, 0.3) is 0 Å². The molecule has 15 heavy (non-hydrogen) atoms. The van der Waals surface area contributed by atoms with E-state index in [0.717, 1.165) is 0 Å². The molecule has 0 aliphatic rings. The van der Waals surface area contributed by atoms with Gasteiger partial charge in [0, 0.05) is 17.8 Å². The molecule has 0 bridgehead atoms. The van der Waals surface area contributed by atoms with Gasteiger partial charge in [-0.15, -0.1) is 0 Å². The fourth-order valence-corrected chi connectivity index (χ4v) is 1.09. The molecule has 0 aromatic heterocycles. The lowest BCUT2D eigenvalue weighted by molar-refractivity contribution is -0.385. The Balaban J connectivity index is 3.08. The van der Waals surface area contributed by atoms with Gasteiger partial charge in [0.15, 0.2) is 5.75 Å². The van der Waals surface area contributed by atoms with E-state index in [2.05, 4.69) is 5.32 Å². The summed E-state index contributed by atoms with van der Waals surface area (Å²) in [5.74, 6) is 0.148.